The second-order valence-electron chi connectivity index (χ2n) is 9.47. The second kappa shape index (κ2) is 11.4. The summed E-state index contributed by atoms with van der Waals surface area (Å²) in [7, 11) is 0. The van der Waals surface area contributed by atoms with Gasteiger partial charge in [-0.25, -0.2) is 4.79 Å². The fourth-order valence-electron chi connectivity index (χ4n) is 5.21. The zero-order chi connectivity index (χ0) is 24.8. The summed E-state index contributed by atoms with van der Waals surface area (Å²) in [6.45, 7) is 3.10. The molecule has 0 saturated heterocycles. The number of nitrogens with one attached hydrogen (secondary N) is 1. The van der Waals surface area contributed by atoms with Crippen molar-refractivity contribution in [2.45, 2.75) is 44.9 Å². The Kier molecular flexibility index (Phi) is 8.06. The Labute approximate surface area is 206 Å². The number of carbonyl (C=O) groups is 3. The number of fused-ring (bicyclic) bond motifs is 3. The van der Waals surface area contributed by atoms with Gasteiger partial charge in [0.25, 0.3) is 0 Å². The first-order valence-electron chi connectivity index (χ1n) is 12.6. The highest BCUT2D eigenvalue weighted by molar-refractivity contribution is 5.81. The summed E-state index contributed by atoms with van der Waals surface area (Å²) in [6, 6.07) is 16.4. The maximum absolute atomic E-state index is 13.3. The van der Waals surface area contributed by atoms with Crippen LogP contribution in [0.2, 0.25) is 0 Å². The van der Waals surface area contributed by atoms with E-state index in [1.165, 1.54) is 11.1 Å². The molecule has 0 aromatic heterocycles. The number of carboxylic acid groups (broad SMARTS) is 1. The molecule has 0 radical (unpaired) electrons. The Balaban J connectivity index is 1.36. The summed E-state index contributed by atoms with van der Waals surface area (Å²) in [6.07, 6.45) is 3.11. The molecule has 1 saturated carbocycles. The minimum Gasteiger partial charge on any atom is -0.481 e. The Morgan fingerprint density at radius 1 is 1.03 bits per heavy atom. The number of carbonyl (C=O) groups excluding carboxylic acids is 2. The molecule has 2 amide bonds. The number of nitrogens with zero attached hydrogens (tertiary/aromatic N) is 1. The van der Waals surface area contributed by atoms with Gasteiger partial charge in [0.2, 0.25) is 5.91 Å². The first-order chi connectivity index (χ1) is 17.0. The average Bonchev–Trinajstić information content (AvgIpc) is 3.15. The van der Waals surface area contributed by atoms with Crippen molar-refractivity contribution < 1.29 is 24.2 Å². The van der Waals surface area contributed by atoms with Gasteiger partial charge >= 0.3 is 12.1 Å². The highest BCUT2D eigenvalue weighted by Gasteiger charge is 2.35. The zero-order valence-corrected chi connectivity index (χ0v) is 20.2. The molecule has 0 spiro atoms. The molecule has 0 aliphatic heterocycles. The Morgan fingerprint density at radius 2 is 1.66 bits per heavy atom. The summed E-state index contributed by atoms with van der Waals surface area (Å²) in [5, 5.41) is 11.9. The van der Waals surface area contributed by atoms with Gasteiger partial charge in [0.05, 0.1) is 12.3 Å². The minimum absolute atomic E-state index is 0.0201. The average molecular weight is 479 g/mol. The van der Waals surface area contributed by atoms with Crippen molar-refractivity contribution in [1.82, 2.24) is 10.2 Å². The predicted molar refractivity (Wildman–Crippen MR) is 133 cm³/mol. The molecular weight excluding hydrogens is 444 g/mol. The van der Waals surface area contributed by atoms with Crippen molar-refractivity contribution >= 4 is 18.0 Å². The second-order valence-corrected chi connectivity index (χ2v) is 9.47. The molecule has 2 aromatic rings. The lowest BCUT2D eigenvalue weighted by Crippen LogP contribution is -2.47. The topological polar surface area (TPSA) is 95.9 Å². The number of alkyl carbamates (subject to hydrolysis) is 1. The first kappa shape index (κ1) is 24.8. The number of rotatable bonds is 11. The number of amides is 2. The van der Waals surface area contributed by atoms with Crippen LogP contribution in [0.1, 0.15) is 56.1 Å². The summed E-state index contributed by atoms with van der Waals surface area (Å²) in [5.74, 6) is -1.16. The van der Waals surface area contributed by atoms with E-state index in [0.29, 0.717) is 6.54 Å². The van der Waals surface area contributed by atoms with Crippen LogP contribution in [0, 0.1) is 11.8 Å². The molecule has 4 rings (SSSR count). The molecule has 1 fully saturated rings. The van der Waals surface area contributed by atoms with Crippen molar-refractivity contribution in [3.05, 3.63) is 59.7 Å². The molecule has 7 nitrogen and oxygen atoms in total. The predicted octanol–water partition coefficient (Wildman–Crippen LogP) is 4.65. The van der Waals surface area contributed by atoms with E-state index in [1.807, 2.05) is 31.2 Å². The molecule has 186 valence electrons. The maximum Gasteiger partial charge on any atom is 0.407 e. The fraction of sp³-hybridized carbons (Fsp3) is 0.464. The number of benzene rings is 2. The summed E-state index contributed by atoms with van der Waals surface area (Å²) >= 11 is 0. The summed E-state index contributed by atoms with van der Waals surface area (Å²) in [5.41, 5.74) is 4.64. The molecule has 1 unspecified atom stereocenters. The SMILES string of the molecule is CCCN(CCC(=O)O)C(=O)C(CNC(=O)OCC1c2ccccc2-c2ccccc21)C1CCC1. The van der Waals surface area contributed by atoms with E-state index in [9.17, 15) is 14.4 Å². The van der Waals surface area contributed by atoms with E-state index < -0.39 is 12.1 Å². The highest BCUT2D eigenvalue weighted by Crippen LogP contribution is 2.44. The van der Waals surface area contributed by atoms with Crippen molar-refractivity contribution in [2.75, 3.05) is 26.2 Å². The smallest absolute Gasteiger partial charge is 0.407 e. The third kappa shape index (κ3) is 5.66. The van der Waals surface area contributed by atoms with E-state index in [-0.39, 0.29) is 49.8 Å². The number of hydrogen-bond acceptors (Lipinski definition) is 4. The van der Waals surface area contributed by atoms with E-state index in [0.717, 1.165) is 36.8 Å². The molecule has 35 heavy (non-hydrogen) atoms. The van der Waals surface area contributed by atoms with Crippen LogP contribution in [0.15, 0.2) is 48.5 Å². The molecule has 2 N–H and O–H groups in total. The van der Waals surface area contributed by atoms with E-state index >= 15 is 0 Å². The molecule has 2 aliphatic carbocycles. The van der Waals surface area contributed by atoms with Crippen LogP contribution < -0.4 is 5.32 Å². The highest BCUT2D eigenvalue weighted by atomic mass is 16.5. The largest absolute Gasteiger partial charge is 0.481 e. The molecule has 2 aliphatic rings. The summed E-state index contributed by atoms with van der Waals surface area (Å²) < 4.78 is 5.64. The van der Waals surface area contributed by atoms with Crippen LogP contribution in [0.4, 0.5) is 4.79 Å². The van der Waals surface area contributed by atoms with Gasteiger partial charge in [-0.05, 0) is 47.4 Å². The number of aliphatic carboxylic acids is 1. The fourth-order valence-corrected chi connectivity index (χ4v) is 5.21. The molecule has 7 heteroatoms. The molecule has 0 bridgehead atoms. The molecule has 2 aromatic carbocycles. The third-order valence-corrected chi connectivity index (χ3v) is 7.25. The Morgan fingerprint density at radius 3 is 2.20 bits per heavy atom. The van der Waals surface area contributed by atoms with Gasteiger partial charge in [-0.1, -0.05) is 61.9 Å². The van der Waals surface area contributed by atoms with Crippen molar-refractivity contribution in [2.24, 2.45) is 11.8 Å². The Bertz CT molecular complexity index is 1020. The van der Waals surface area contributed by atoms with Crippen LogP contribution in [-0.4, -0.2) is 54.2 Å². The van der Waals surface area contributed by atoms with Gasteiger partial charge in [0.1, 0.15) is 6.61 Å². The van der Waals surface area contributed by atoms with Crippen molar-refractivity contribution in [3.63, 3.8) is 0 Å². The molecule has 0 heterocycles. The van der Waals surface area contributed by atoms with Crippen LogP contribution in [0.3, 0.4) is 0 Å². The lowest BCUT2D eigenvalue weighted by molar-refractivity contribution is -0.141. The first-order valence-corrected chi connectivity index (χ1v) is 12.6. The van der Waals surface area contributed by atoms with E-state index in [4.69, 9.17) is 9.84 Å². The standard InChI is InChI=1S/C28H34N2O5/c1-2-15-30(16-14-26(31)32)27(33)24(19-8-7-9-19)17-29-28(34)35-18-25-22-12-5-3-10-20(22)21-11-4-6-13-23(21)25/h3-6,10-13,19,24-25H,2,7-9,14-18H2,1H3,(H,29,34)(H,31,32). The van der Waals surface area contributed by atoms with Crippen LogP contribution in [0.25, 0.3) is 11.1 Å². The van der Waals surface area contributed by atoms with Gasteiger partial charge in [-0.15, -0.1) is 0 Å². The van der Waals surface area contributed by atoms with E-state index in [2.05, 4.69) is 29.6 Å². The monoisotopic (exact) mass is 478 g/mol. The zero-order valence-electron chi connectivity index (χ0n) is 20.2. The van der Waals surface area contributed by atoms with Gasteiger partial charge in [-0.3, -0.25) is 9.59 Å². The van der Waals surface area contributed by atoms with Crippen LogP contribution in [0.5, 0.6) is 0 Å². The Hall–Kier alpha value is -3.35. The number of hydrogen-bond donors (Lipinski definition) is 2. The third-order valence-electron chi connectivity index (χ3n) is 7.25. The quantitative estimate of drug-likeness (QED) is 0.490. The van der Waals surface area contributed by atoms with Gasteiger partial charge < -0.3 is 20.1 Å². The number of ether oxygens (including phenoxy) is 1. The lowest BCUT2D eigenvalue weighted by atomic mass is 9.75. The van der Waals surface area contributed by atoms with Crippen molar-refractivity contribution in [1.29, 1.82) is 0 Å². The molecule has 1 atom stereocenters. The van der Waals surface area contributed by atoms with Gasteiger partial charge in [0, 0.05) is 25.6 Å². The molecular formula is C28H34N2O5. The maximum atomic E-state index is 13.3. The normalized spacial score (nSPS) is 15.5. The van der Waals surface area contributed by atoms with Crippen molar-refractivity contribution in [3.8, 4) is 11.1 Å². The van der Waals surface area contributed by atoms with Crippen LogP contribution >= 0.6 is 0 Å². The minimum atomic E-state index is -0.921. The van der Waals surface area contributed by atoms with Crippen LogP contribution in [-0.2, 0) is 14.3 Å². The van der Waals surface area contributed by atoms with E-state index in [1.54, 1.807) is 4.90 Å². The van der Waals surface area contributed by atoms with Gasteiger partial charge in [-0.2, -0.15) is 0 Å². The number of carboxylic acids is 1. The summed E-state index contributed by atoms with van der Waals surface area (Å²) in [4.78, 5) is 38.6. The lowest BCUT2D eigenvalue weighted by Gasteiger charge is -2.36. The van der Waals surface area contributed by atoms with Gasteiger partial charge in [0.15, 0.2) is 0 Å².